The Morgan fingerprint density at radius 2 is 1.62 bits per heavy atom. The minimum Gasteiger partial charge on any atom is -0.396 e. The minimum absolute atomic E-state index is 0. The highest BCUT2D eigenvalue weighted by atomic mass is 35.5. The third-order valence-electron chi connectivity index (χ3n) is 1.88. The van der Waals surface area contributed by atoms with E-state index in [1.54, 1.807) is 6.07 Å². The molecule has 0 atom stereocenters. The summed E-state index contributed by atoms with van der Waals surface area (Å²) < 4.78 is 0. The zero-order valence-electron chi connectivity index (χ0n) is 11.5. The molecular weight excluding hydrogens is 343 g/mol. The topological polar surface area (TPSA) is 97.0 Å². The number of halogens is 3. The second kappa shape index (κ2) is 19.7. The Kier molecular flexibility index (Phi) is 24.0. The summed E-state index contributed by atoms with van der Waals surface area (Å²) in [6.45, 7) is 1.18. The van der Waals surface area contributed by atoms with Gasteiger partial charge in [-0.1, -0.05) is 23.7 Å². The summed E-state index contributed by atoms with van der Waals surface area (Å²) in [6.07, 6.45) is 1.23. The predicted molar refractivity (Wildman–Crippen MR) is 89.1 cm³/mol. The molecule has 1 aromatic carbocycles. The summed E-state index contributed by atoms with van der Waals surface area (Å²) in [5.41, 5.74) is 3.44. The number of para-hydroxylation sites is 1. The van der Waals surface area contributed by atoms with Gasteiger partial charge in [-0.15, -0.1) is 24.8 Å². The molecule has 0 aliphatic carbocycles. The van der Waals surface area contributed by atoms with Gasteiger partial charge in [-0.2, -0.15) is 0 Å². The first kappa shape index (κ1) is 25.6. The first-order chi connectivity index (χ1) is 9.26. The molecule has 0 saturated heterocycles. The highest BCUT2D eigenvalue weighted by Crippen LogP contribution is 2.20. The van der Waals surface area contributed by atoms with Gasteiger partial charge in [0.25, 0.3) is 0 Å². The third kappa shape index (κ3) is 15.9. The van der Waals surface area contributed by atoms with Gasteiger partial charge in [0.05, 0.1) is 23.9 Å². The summed E-state index contributed by atoms with van der Waals surface area (Å²) in [6, 6.07) is 7.31. The Bertz CT molecular complexity index is 318. The molecule has 0 bridgehead atoms. The van der Waals surface area contributed by atoms with Crippen LogP contribution >= 0.6 is 36.4 Å². The first-order valence-electron chi connectivity index (χ1n) is 5.92. The SMILES string of the molecule is Cl.Cl.NOCCCO.OCCCONc1ccccc1Cl. The first-order valence-corrected chi connectivity index (χ1v) is 6.29. The van der Waals surface area contributed by atoms with E-state index in [0.29, 0.717) is 31.1 Å². The molecule has 9 heteroatoms. The maximum absolute atomic E-state index is 8.48. The van der Waals surface area contributed by atoms with Gasteiger partial charge in [-0.05, 0) is 25.0 Å². The average molecular weight is 366 g/mol. The van der Waals surface area contributed by atoms with Gasteiger partial charge in [-0.3, -0.25) is 10.3 Å². The van der Waals surface area contributed by atoms with Crippen LogP contribution in [0.2, 0.25) is 5.02 Å². The van der Waals surface area contributed by atoms with Gasteiger partial charge in [0.15, 0.2) is 0 Å². The van der Waals surface area contributed by atoms with Crippen molar-refractivity contribution in [3.05, 3.63) is 29.3 Å². The predicted octanol–water partition coefficient (Wildman–Crippen LogP) is 2.17. The fraction of sp³-hybridized carbons (Fsp3) is 0.500. The lowest BCUT2D eigenvalue weighted by Gasteiger charge is -2.07. The van der Waals surface area contributed by atoms with Crippen LogP contribution in [0.1, 0.15) is 12.8 Å². The van der Waals surface area contributed by atoms with E-state index in [9.17, 15) is 0 Å². The maximum Gasteiger partial charge on any atom is 0.0790 e. The number of aliphatic hydroxyl groups is 2. The Hall–Kier alpha value is -0.310. The molecular formula is C12H23Cl3N2O4. The molecule has 1 aromatic rings. The van der Waals surface area contributed by atoms with Crippen molar-refractivity contribution in [1.82, 2.24) is 0 Å². The fourth-order valence-corrected chi connectivity index (χ4v) is 1.13. The summed E-state index contributed by atoms with van der Waals surface area (Å²) in [7, 11) is 0. The van der Waals surface area contributed by atoms with E-state index in [2.05, 4.69) is 16.2 Å². The van der Waals surface area contributed by atoms with Crippen molar-refractivity contribution in [3.63, 3.8) is 0 Å². The molecule has 6 nitrogen and oxygen atoms in total. The van der Waals surface area contributed by atoms with Crippen LogP contribution in [0, 0.1) is 0 Å². The molecule has 0 saturated carbocycles. The second-order valence-electron chi connectivity index (χ2n) is 3.46. The zero-order valence-corrected chi connectivity index (χ0v) is 13.9. The molecule has 21 heavy (non-hydrogen) atoms. The molecule has 0 amide bonds. The molecule has 0 aliphatic heterocycles. The van der Waals surface area contributed by atoms with Crippen LogP contribution in [0.3, 0.4) is 0 Å². The van der Waals surface area contributed by atoms with Gasteiger partial charge in [0.1, 0.15) is 0 Å². The van der Waals surface area contributed by atoms with Gasteiger partial charge < -0.3 is 15.1 Å². The number of rotatable bonds is 8. The smallest absolute Gasteiger partial charge is 0.0790 e. The average Bonchev–Trinajstić information content (AvgIpc) is 2.44. The summed E-state index contributed by atoms with van der Waals surface area (Å²) in [4.78, 5) is 9.17. The minimum atomic E-state index is 0. The van der Waals surface area contributed by atoms with Crippen LogP contribution in [0.25, 0.3) is 0 Å². The van der Waals surface area contributed by atoms with Crippen molar-refractivity contribution in [3.8, 4) is 0 Å². The number of hydrogen-bond donors (Lipinski definition) is 4. The molecule has 5 N–H and O–H groups in total. The molecule has 0 spiro atoms. The number of anilines is 1. The van der Waals surface area contributed by atoms with Gasteiger partial charge in [0, 0.05) is 13.2 Å². The van der Waals surface area contributed by atoms with Crippen molar-refractivity contribution >= 4 is 42.1 Å². The molecule has 0 aliphatic rings. The van der Waals surface area contributed by atoms with Crippen LogP contribution in [0.4, 0.5) is 5.69 Å². The van der Waals surface area contributed by atoms with E-state index < -0.39 is 0 Å². The number of nitrogens with two attached hydrogens (primary N) is 1. The standard InChI is InChI=1S/C9H12ClNO2.C3H9NO2.2ClH/c10-8-4-1-2-5-9(8)11-13-7-3-6-12;4-6-3-1-2-5;;/h1-2,4-5,11-12H,3,6-7H2;5H,1-4H2;2*1H. The quantitative estimate of drug-likeness (QED) is 0.416. The van der Waals surface area contributed by atoms with E-state index in [4.69, 9.17) is 26.7 Å². The molecule has 0 fully saturated rings. The van der Waals surface area contributed by atoms with Crippen molar-refractivity contribution in [2.45, 2.75) is 12.8 Å². The van der Waals surface area contributed by atoms with Crippen molar-refractivity contribution in [1.29, 1.82) is 0 Å². The van der Waals surface area contributed by atoms with Crippen molar-refractivity contribution in [2.24, 2.45) is 5.90 Å². The Balaban J connectivity index is -0.000000352. The number of benzene rings is 1. The number of hydrogen-bond acceptors (Lipinski definition) is 6. The van der Waals surface area contributed by atoms with Crippen LogP contribution in [0.5, 0.6) is 0 Å². The maximum atomic E-state index is 8.48. The molecule has 0 radical (unpaired) electrons. The molecule has 0 heterocycles. The highest BCUT2D eigenvalue weighted by Gasteiger charge is 1.96. The van der Waals surface area contributed by atoms with Gasteiger partial charge >= 0.3 is 0 Å². The summed E-state index contributed by atoms with van der Waals surface area (Å²) >= 11 is 5.85. The lowest BCUT2D eigenvalue weighted by molar-refractivity contribution is 0.118. The largest absolute Gasteiger partial charge is 0.396 e. The Labute approximate surface area is 142 Å². The number of aliphatic hydroxyl groups excluding tert-OH is 2. The monoisotopic (exact) mass is 364 g/mol. The lowest BCUT2D eigenvalue weighted by Crippen LogP contribution is -2.04. The lowest BCUT2D eigenvalue weighted by atomic mass is 10.3. The third-order valence-corrected chi connectivity index (χ3v) is 2.21. The molecule has 0 unspecified atom stereocenters. The van der Waals surface area contributed by atoms with E-state index in [1.807, 2.05) is 18.2 Å². The molecule has 0 aromatic heterocycles. The van der Waals surface area contributed by atoms with Crippen LogP contribution in [0.15, 0.2) is 24.3 Å². The van der Waals surface area contributed by atoms with Crippen molar-refractivity contribution in [2.75, 3.05) is 31.9 Å². The van der Waals surface area contributed by atoms with Crippen LogP contribution in [-0.4, -0.2) is 36.6 Å². The highest BCUT2D eigenvalue weighted by molar-refractivity contribution is 6.33. The summed E-state index contributed by atoms with van der Waals surface area (Å²) in [5.74, 6) is 4.60. The van der Waals surface area contributed by atoms with E-state index in [0.717, 1.165) is 5.69 Å². The van der Waals surface area contributed by atoms with Crippen molar-refractivity contribution < 1.29 is 19.9 Å². The van der Waals surface area contributed by atoms with Gasteiger partial charge in [-0.25, -0.2) is 5.90 Å². The van der Waals surface area contributed by atoms with Gasteiger partial charge in [0.2, 0.25) is 0 Å². The number of nitrogens with one attached hydrogen (secondary N) is 1. The fourth-order valence-electron chi connectivity index (χ4n) is 0.957. The summed E-state index contributed by atoms with van der Waals surface area (Å²) in [5, 5.41) is 17.2. The Morgan fingerprint density at radius 3 is 2.10 bits per heavy atom. The van der Waals surface area contributed by atoms with Crippen LogP contribution in [-0.2, 0) is 9.68 Å². The normalized spacial score (nSPS) is 8.76. The van der Waals surface area contributed by atoms with E-state index in [1.165, 1.54) is 0 Å². The van der Waals surface area contributed by atoms with E-state index in [-0.39, 0.29) is 38.0 Å². The second-order valence-corrected chi connectivity index (χ2v) is 3.86. The Morgan fingerprint density at radius 1 is 1.05 bits per heavy atom. The molecule has 1 rings (SSSR count). The molecule has 126 valence electrons. The van der Waals surface area contributed by atoms with E-state index >= 15 is 0 Å². The zero-order chi connectivity index (χ0) is 14.3. The van der Waals surface area contributed by atoms with Crippen LogP contribution < -0.4 is 11.4 Å².